The average Bonchev–Trinajstić information content (AvgIpc) is 3.07. The Kier molecular flexibility index (Phi) is 4.96. The summed E-state index contributed by atoms with van der Waals surface area (Å²) in [6, 6.07) is 0. The topological polar surface area (TPSA) is 115 Å². The SMILES string of the molecule is CC(CNS(=O)(=O)c1[nH]ncc1C(=O)O)CN1CCCC1. The van der Waals surface area contributed by atoms with Crippen molar-refractivity contribution >= 4 is 16.0 Å². The first-order valence-corrected chi connectivity index (χ1v) is 8.37. The summed E-state index contributed by atoms with van der Waals surface area (Å²) in [7, 11) is -3.89. The molecule has 2 rings (SSSR count). The zero-order chi connectivity index (χ0) is 15.5. The molecule has 0 amide bonds. The molecular weight excluding hydrogens is 296 g/mol. The van der Waals surface area contributed by atoms with Gasteiger partial charge >= 0.3 is 5.97 Å². The van der Waals surface area contributed by atoms with Crippen LogP contribution >= 0.6 is 0 Å². The van der Waals surface area contributed by atoms with Crippen LogP contribution in [0.3, 0.4) is 0 Å². The number of hydrogen-bond acceptors (Lipinski definition) is 5. The minimum atomic E-state index is -3.89. The molecule has 1 saturated heterocycles. The zero-order valence-corrected chi connectivity index (χ0v) is 12.7. The van der Waals surface area contributed by atoms with Gasteiger partial charge in [0.2, 0.25) is 0 Å². The van der Waals surface area contributed by atoms with Crippen LogP contribution in [0.4, 0.5) is 0 Å². The van der Waals surface area contributed by atoms with Crippen LogP contribution in [0.5, 0.6) is 0 Å². The number of aromatic carboxylic acids is 1. The predicted molar refractivity (Wildman–Crippen MR) is 75.6 cm³/mol. The molecule has 0 radical (unpaired) electrons. The molecule has 1 fully saturated rings. The molecule has 1 aromatic heterocycles. The van der Waals surface area contributed by atoms with Crippen molar-refractivity contribution in [2.24, 2.45) is 5.92 Å². The average molecular weight is 316 g/mol. The lowest BCUT2D eigenvalue weighted by Gasteiger charge is -2.20. The highest BCUT2D eigenvalue weighted by atomic mass is 32.2. The lowest BCUT2D eigenvalue weighted by molar-refractivity contribution is 0.0692. The van der Waals surface area contributed by atoms with Crippen molar-refractivity contribution in [2.75, 3.05) is 26.2 Å². The van der Waals surface area contributed by atoms with Gasteiger partial charge in [-0.3, -0.25) is 5.10 Å². The minimum Gasteiger partial charge on any atom is -0.478 e. The number of carboxylic acids is 1. The Hall–Kier alpha value is -1.45. The highest BCUT2D eigenvalue weighted by Gasteiger charge is 2.25. The lowest BCUT2D eigenvalue weighted by atomic mass is 10.2. The third kappa shape index (κ3) is 4.02. The molecule has 0 aliphatic carbocycles. The van der Waals surface area contributed by atoms with Crippen LogP contribution in [0.2, 0.25) is 0 Å². The number of hydrogen-bond donors (Lipinski definition) is 3. The second kappa shape index (κ2) is 6.54. The Bertz CT molecular complexity index is 592. The highest BCUT2D eigenvalue weighted by molar-refractivity contribution is 7.89. The summed E-state index contributed by atoms with van der Waals surface area (Å²) in [5.41, 5.74) is -0.352. The molecule has 1 aromatic rings. The van der Waals surface area contributed by atoms with E-state index in [9.17, 15) is 13.2 Å². The standard InChI is InChI=1S/C12H20N4O4S/c1-9(8-16-4-2-3-5-16)6-14-21(19,20)11-10(12(17)18)7-13-15-11/h7,9,14H,2-6,8H2,1H3,(H,13,15)(H,17,18). The number of likely N-dealkylation sites (tertiary alicyclic amines) is 1. The van der Waals surface area contributed by atoms with Crippen LogP contribution < -0.4 is 4.72 Å². The first-order chi connectivity index (χ1) is 9.90. The van der Waals surface area contributed by atoms with Crippen molar-refractivity contribution in [1.82, 2.24) is 19.8 Å². The summed E-state index contributed by atoms with van der Waals surface area (Å²) in [6.45, 7) is 5.17. The molecule has 1 unspecified atom stereocenters. The molecule has 3 N–H and O–H groups in total. The Morgan fingerprint density at radius 2 is 2.19 bits per heavy atom. The molecule has 1 aliphatic heterocycles. The normalized spacial score (nSPS) is 18.0. The fourth-order valence-electron chi connectivity index (χ4n) is 2.43. The van der Waals surface area contributed by atoms with E-state index in [1.165, 1.54) is 12.8 Å². The van der Waals surface area contributed by atoms with Crippen LogP contribution in [0.25, 0.3) is 0 Å². The summed E-state index contributed by atoms with van der Waals surface area (Å²) in [6.07, 6.45) is 3.37. The van der Waals surface area contributed by atoms with E-state index < -0.39 is 21.0 Å². The fourth-order valence-corrected chi connectivity index (χ4v) is 3.68. The maximum absolute atomic E-state index is 12.1. The molecule has 1 aliphatic rings. The second-order valence-corrected chi connectivity index (χ2v) is 7.09. The molecule has 2 heterocycles. The van der Waals surface area contributed by atoms with E-state index in [1.807, 2.05) is 6.92 Å². The van der Waals surface area contributed by atoms with Gasteiger partial charge in [-0.05, 0) is 31.8 Å². The highest BCUT2D eigenvalue weighted by Crippen LogP contribution is 2.13. The Balaban J connectivity index is 1.94. The van der Waals surface area contributed by atoms with E-state index in [1.54, 1.807) is 0 Å². The third-order valence-electron chi connectivity index (χ3n) is 3.49. The van der Waals surface area contributed by atoms with Crippen molar-refractivity contribution in [2.45, 2.75) is 24.8 Å². The number of nitrogens with zero attached hydrogens (tertiary/aromatic N) is 2. The molecule has 0 spiro atoms. The van der Waals surface area contributed by atoms with Gasteiger partial charge in [-0.1, -0.05) is 6.92 Å². The van der Waals surface area contributed by atoms with Gasteiger partial charge in [0.15, 0.2) is 5.03 Å². The third-order valence-corrected chi connectivity index (χ3v) is 4.89. The summed E-state index contributed by atoms with van der Waals surface area (Å²) in [5.74, 6) is -1.18. The quantitative estimate of drug-likeness (QED) is 0.658. The number of sulfonamides is 1. The summed E-state index contributed by atoms with van der Waals surface area (Å²) in [5, 5.41) is 14.2. The Morgan fingerprint density at radius 1 is 1.52 bits per heavy atom. The molecule has 1 atom stereocenters. The molecule has 0 bridgehead atoms. The number of nitrogens with one attached hydrogen (secondary N) is 2. The lowest BCUT2D eigenvalue weighted by Crippen LogP contribution is -2.35. The van der Waals surface area contributed by atoms with Crippen LogP contribution in [0, 0.1) is 5.92 Å². The smallest absolute Gasteiger partial charge is 0.340 e. The minimum absolute atomic E-state index is 0.147. The van der Waals surface area contributed by atoms with E-state index in [0.29, 0.717) is 0 Å². The van der Waals surface area contributed by atoms with Crippen molar-refractivity contribution in [3.63, 3.8) is 0 Å². The largest absolute Gasteiger partial charge is 0.478 e. The molecule has 0 aromatic carbocycles. The molecule has 118 valence electrons. The number of aromatic amines is 1. The molecular formula is C12H20N4O4S. The van der Waals surface area contributed by atoms with Gasteiger partial charge in [0, 0.05) is 13.1 Å². The van der Waals surface area contributed by atoms with Crippen LogP contribution in [-0.2, 0) is 10.0 Å². The van der Waals surface area contributed by atoms with Crippen molar-refractivity contribution in [3.05, 3.63) is 11.8 Å². The maximum atomic E-state index is 12.1. The molecule has 21 heavy (non-hydrogen) atoms. The summed E-state index contributed by atoms with van der Waals surface area (Å²) in [4.78, 5) is 13.2. The number of H-pyrrole nitrogens is 1. The van der Waals surface area contributed by atoms with Gasteiger partial charge in [-0.2, -0.15) is 5.10 Å². The summed E-state index contributed by atoms with van der Waals surface area (Å²) >= 11 is 0. The number of carbonyl (C=O) groups is 1. The molecule has 9 heteroatoms. The number of carboxylic acid groups (broad SMARTS) is 1. The van der Waals surface area contributed by atoms with Crippen molar-refractivity contribution in [1.29, 1.82) is 0 Å². The molecule has 8 nitrogen and oxygen atoms in total. The van der Waals surface area contributed by atoms with Crippen molar-refractivity contribution < 1.29 is 18.3 Å². The van der Waals surface area contributed by atoms with E-state index in [-0.39, 0.29) is 18.0 Å². The number of rotatable bonds is 7. The fraction of sp³-hybridized carbons (Fsp3) is 0.667. The summed E-state index contributed by atoms with van der Waals surface area (Å²) < 4.78 is 26.6. The van der Waals surface area contributed by atoms with E-state index in [0.717, 1.165) is 25.8 Å². The van der Waals surface area contributed by atoms with E-state index in [2.05, 4.69) is 19.8 Å². The van der Waals surface area contributed by atoms with Crippen LogP contribution in [0.1, 0.15) is 30.1 Å². The van der Waals surface area contributed by atoms with Gasteiger partial charge < -0.3 is 10.0 Å². The van der Waals surface area contributed by atoms with Crippen molar-refractivity contribution in [3.8, 4) is 0 Å². The second-order valence-electron chi connectivity index (χ2n) is 5.38. The van der Waals surface area contributed by atoms with Gasteiger partial charge in [0.05, 0.1) is 6.20 Å². The number of aromatic nitrogens is 2. The van der Waals surface area contributed by atoms with Gasteiger partial charge in [0.1, 0.15) is 5.56 Å². The van der Waals surface area contributed by atoms with Gasteiger partial charge in [-0.15, -0.1) is 0 Å². The van der Waals surface area contributed by atoms with Crippen LogP contribution in [0.15, 0.2) is 11.2 Å². The Morgan fingerprint density at radius 3 is 2.81 bits per heavy atom. The van der Waals surface area contributed by atoms with Gasteiger partial charge in [-0.25, -0.2) is 17.9 Å². The maximum Gasteiger partial charge on any atom is 0.340 e. The zero-order valence-electron chi connectivity index (χ0n) is 11.9. The predicted octanol–water partition coefficient (Wildman–Crippen LogP) is 0.118. The molecule has 0 saturated carbocycles. The van der Waals surface area contributed by atoms with E-state index in [4.69, 9.17) is 5.11 Å². The van der Waals surface area contributed by atoms with E-state index >= 15 is 0 Å². The monoisotopic (exact) mass is 316 g/mol. The van der Waals surface area contributed by atoms with Crippen LogP contribution in [-0.4, -0.2) is 60.8 Å². The Labute approximate surface area is 123 Å². The first kappa shape index (κ1) is 15.9. The van der Waals surface area contributed by atoms with Gasteiger partial charge in [0.25, 0.3) is 10.0 Å². The first-order valence-electron chi connectivity index (χ1n) is 6.89.